The van der Waals surface area contributed by atoms with Crippen LogP contribution in [0.5, 0.6) is 0 Å². The van der Waals surface area contributed by atoms with Crippen molar-refractivity contribution in [2.24, 2.45) is 0 Å². The van der Waals surface area contributed by atoms with Crippen LogP contribution in [0.2, 0.25) is 0 Å². The summed E-state index contributed by atoms with van der Waals surface area (Å²) in [6.07, 6.45) is 3.32. The van der Waals surface area contributed by atoms with E-state index >= 15 is 0 Å². The smallest absolute Gasteiger partial charge is 0.224 e. The number of anilines is 2. The number of aryl methyl sites for hydroxylation is 1. The number of nitrogens with zero attached hydrogens (tertiary/aromatic N) is 2. The number of hydrogen-bond acceptors (Lipinski definition) is 5. The van der Waals surface area contributed by atoms with Gasteiger partial charge in [0.1, 0.15) is 5.82 Å². The van der Waals surface area contributed by atoms with Crippen molar-refractivity contribution < 1.29 is 4.74 Å². The fourth-order valence-electron chi connectivity index (χ4n) is 1.51. The Morgan fingerprint density at radius 2 is 2.00 bits per heavy atom. The van der Waals surface area contributed by atoms with Gasteiger partial charge in [-0.05, 0) is 19.8 Å². The summed E-state index contributed by atoms with van der Waals surface area (Å²) < 4.78 is 5.50. The van der Waals surface area contributed by atoms with Gasteiger partial charge >= 0.3 is 0 Å². The minimum atomic E-state index is 0.650. The van der Waals surface area contributed by atoms with Crippen LogP contribution in [0.4, 0.5) is 11.8 Å². The molecule has 0 aliphatic rings. The predicted molar refractivity (Wildman–Crippen MR) is 75.1 cm³/mol. The van der Waals surface area contributed by atoms with Crippen molar-refractivity contribution in [3.63, 3.8) is 0 Å². The van der Waals surface area contributed by atoms with E-state index in [-0.39, 0.29) is 0 Å². The number of aromatic nitrogens is 2. The number of hydrogen-bond donors (Lipinski definition) is 2. The molecule has 0 saturated heterocycles. The fraction of sp³-hybridized carbons (Fsp3) is 0.692. The molecule has 0 amide bonds. The molecule has 0 saturated carbocycles. The van der Waals surface area contributed by atoms with E-state index in [1.54, 1.807) is 0 Å². The van der Waals surface area contributed by atoms with Gasteiger partial charge in [-0.15, -0.1) is 0 Å². The Morgan fingerprint density at radius 1 is 1.22 bits per heavy atom. The van der Waals surface area contributed by atoms with Crippen molar-refractivity contribution in [3.05, 3.63) is 11.8 Å². The molecule has 1 heterocycles. The fourth-order valence-corrected chi connectivity index (χ4v) is 1.51. The molecule has 0 spiro atoms. The first-order chi connectivity index (χ1) is 8.76. The van der Waals surface area contributed by atoms with Crippen LogP contribution in [0.15, 0.2) is 6.07 Å². The Morgan fingerprint density at radius 3 is 2.72 bits per heavy atom. The number of unbranched alkanes of at least 4 members (excludes halogenated alkanes) is 1. The lowest BCUT2D eigenvalue weighted by Gasteiger charge is -2.08. The van der Waals surface area contributed by atoms with Gasteiger partial charge in [0, 0.05) is 38.6 Å². The van der Waals surface area contributed by atoms with Gasteiger partial charge in [-0.3, -0.25) is 0 Å². The van der Waals surface area contributed by atoms with Gasteiger partial charge in [0.2, 0.25) is 5.95 Å². The average Bonchev–Trinajstić information content (AvgIpc) is 2.37. The standard InChI is InChI=1S/C13H24N4O/c1-4-5-8-18-9-6-7-15-12-10-11(2)16-13(14-3)17-12/h10H,4-9H2,1-3H3,(H2,14,15,16,17). The van der Waals surface area contributed by atoms with Crippen LogP contribution >= 0.6 is 0 Å². The predicted octanol–water partition coefficient (Wildman–Crippen LogP) is 2.45. The Hall–Kier alpha value is -1.36. The Balaban J connectivity index is 2.20. The highest BCUT2D eigenvalue weighted by atomic mass is 16.5. The summed E-state index contributed by atoms with van der Waals surface area (Å²) in [5.41, 5.74) is 0.955. The molecule has 5 heteroatoms. The number of nitrogens with one attached hydrogen (secondary N) is 2. The summed E-state index contributed by atoms with van der Waals surface area (Å²) in [7, 11) is 1.82. The Kier molecular flexibility index (Phi) is 7.10. The molecule has 0 fully saturated rings. The van der Waals surface area contributed by atoms with Gasteiger partial charge in [0.05, 0.1) is 0 Å². The van der Waals surface area contributed by atoms with Crippen molar-refractivity contribution in [2.75, 3.05) is 37.4 Å². The molecule has 1 aromatic rings. The zero-order chi connectivity index (χ0) is 13.2. The van der Waals surface area contributed by atoms with E-state index in [1.807, 2.05) is 20.0 Å². The first-order valence-corrected chi connectivity index (χ1v) is 6.61. The lowest BCUT2D eigenvalue weighted by atomic mass is 10.3. The van der Waals surface area contributed by atoms with Crippen LogP contribution in [0.3, 0.4) is 0 Å². The van der Waals surface area contributed by atoms with Crippen molar-refractivity contribution >= 4 is 11.8 Å². The second-order valence-corrected chi connectivity index (χ2v) is 4.21. The lowest BCUT2D eigenvalue weighted by molar-refractivity contribution is 0.131. The molecule has 0 aromatic carbocycles. The monoisotopic (exact) mass is 252 g/mol. The molecule has 102 valence electrons. The minimum Gasteiger partial charge on any atom is -0.381 e. The van der Waals surface area contributed by atoms with E-state index in [0.29, 0.717) is 5.95 Å². The molecule has 0 atom stereocenters. The van der Waals surface area contributed by atoms with Gasteiger partial charge in [-0.2, -0.15) is 4.98 Å². The molecule has 18 heavy (non-hydrogen) atoms. The van der Waals surface area contributed by atoms with Crippen LogP contribution in [-0.4, -0.2) is 36.8 Å². The third-order valence-corrected chi connectivity index (χ3v) is 2.49. The van der Waals surface area contributed by atoms with Crippen LogP contribution < -0.4 is 10.6 Å². The molecule has 0 bridgehead atoms. The zero-order valence-corrected chi connectivity index (χ0v) is 11.6. The van der Waals surface area contributed by atoms with Gasteiger partial charge in [-0.25, -0.2) is 4.98 Å². The molecule has 5 nitrogen and oxygen atoms in total. The highest BCUT2D eigenvalue weighted by Gasteiger charge is 1.99. The number of rotatable bonds is 9. The Labute approximate surface area is 109 Å². The quantitative estimate of drug-likeness (QED) is 0.661. The summed E-state index contributed by atoms with van der Waals surface area (Å²) in [6.45, 7) is 6.66. The molecular weight excluding hydrogens is 228 g/mol. The molecule has 0 unspecified atom stereocenters. The average molecular weight is 252 g/mol. The molecule has 0 aliphatic carbocycles. The third kappa shape index (κ3) is 5.82. The highest BCUT2D eigenvalue weighted by Crippen LogP contribution is 2.08. The summed E-state index contributed by atoms with van der Waals surface area (Å²) >= 11 is 0. The SMILES string of the molecule is CCCCOCCCNc1cc(C)nc(NC)n1. The highest BCUT2D eigenvalue weighted by molar-refractivity contribution is 5.41. The van der Waals surface area contributed by atoms with Crippen LogP contribution in [0, 0.1) is 6.92 Å². The topological polar surface area (TPSA) is 59.1 Å². The van der Waals surface area contributed by atoms with E-state index in [2.05, 4.69) is 27.5 Å². The maximum atomic E-state index is 5.50. The first-order valence-electron chi connectivity index (χ1n) is 6.61. The summed E-state index contributed by atoms with van der Waals surface area (Å²) in [6, 6.07) is 1.94. The third-order valence-electron chi connectivity index (χ3n) is 2.49. The molecule has 1 aromatic heterocycles. The normalized spacial score (nSPS) is 10.4. The number of ether oxygens (including phenoxy) is 1. The van der Waals surface area contributed by atoms with Gasteiger partial charge in [0.15, 0.2) is 0 Å². The Bertz CT molecular complexity index is 344. The molecular formula is C13H24N4O. The second-order valence-electron chi connectivity index (χ2n) is 4.21. The van der Waals surface area contributed by atoms with Gasteiger partial charge in [-0.1, -0.05) is 13.3 Å². The van der Waals surface area contributed by atoms with Gasteiger partial charge in [0.25, 0.3) is 0 Å². The van der Waals surface area contributed by atoms with E-state index in [9.17, 15) is 0 Å². The summed E-state index contributed by atoms with van der Waals surface area (Å²) in [5, 5.41) is 6.23. The van der Waals surface area contributed by atoms with Crippen LogP contribution in [0.25, 0.3) is 0 Å². The van der Waals surface area contributed by atoms with E-state index < -0.39 is 0 Å². The second kappa shape index (κ2) is 8.69. The van der Waals surface area contributed by atoms with Gasteiger partial charge < -0.3 is 15.4 Å². The largest absolute Gasteiger partial charge is 0.381 e. The molecule has 0 radical (unpaired) electrons. The molecule has 1 rings (SSSR count). The van der Waals surface area contributed by atoms with Crippen molar-refractivity contribution in [1.82, 2.24) is 9.97 Å². The minimum absolute atomic E-state index is 0.650. The van der Waals surface area contributed by atoms with Crippen molar-refractivity contribution in [1.29, 1.82) is 0 Å². The molecule has 0 aliphatic heterocycles. The summed E-state index contributed by atoms with van der Waals surface area (Å²) in [4.78, 5) is 8.57. The molecule has 2 N–H and O–H groups in total. The van der Waals surface area contributed by atoms with E-state index in [4.69, 9.17) is 4.74 Å². The van der Waals surface area contributed by atoms with E-state index in [0.717, 1.165) is 44.1 Å². The lowest BCUT2D eigenvalue weighted by Crippen LogP contribution is -2.09. The van der Waals surface area contributed by atoms with Crippen molar-refractivity contribution in [2.45, 2.75) is 33.1 Å². The maximum absolute atomic E-state index is 5.50. The van der Waals surface area contributed by atoms with Crippen LogP contribution in [0.1, 0.15) is 31.9 Å². The van der Waals surface area contributed by atoms with Crippen molar-refractivity contribution in [3.8, 4) is 0 Å². The first kappa shape index (κ1) is 14.7. The summed E-state index contributed by atoms with van der Waals surface area (Å²) in [5.74, 6) is 1.51. The van der Waals surface area contributed by atoms with Crippen LogP contribution in [-0.2, 0) is 4.74 Å². The zero-order valence-electron chi connectivity index (χ0n) is 11.6. The van der Waals surface area contributed by atoms with E-state index in [1.165, 1.54) is 6.42 Å². The maximum Gasteiger partial charge on any atom is 0.224 e.